The van der Waals surface area contributed by atoms with Crippen LogP contribution in [0.2, 0.25) is 0 Å². The highest BCUT2D eigenvalue weighted by atomic mass is 16.5. The fraction of sp³-hybridized carbons (Fsp3) is 0.846. The number of aliphatic carboxylic acids is 1. The zero-order valence-electron chi connectivity index (χ0n) is 31.6. The van der Waals surface area contributed by atoms with Crippen molar-refractivity contribution in [3.63, 3.8) is 0 Å². The van der Waals surface area contributed by atoms with E-state index in [2.05, 4.69) is 5.32 Å². The normalized spacial score (nSPS) is 11.7. The quantitative estimate of drug-likeness (QED) is 0.0619. The molecule has 3 N–H and O–H groups in total. The number of Topliss-reactive ketones (excluding diaryl/α,β-unsaturated/α-hetero) is 4. The van der Waals surface area contributed by atoms with Crippen molar-refractivity contribution >= 4 is 35.0 Å². The molecule has 0 spiro atoms. The zero-order chi connectivity index (χ0) is 37.8. The summed E-state index contributed by atoms with van der Waals surface area (Å²) in [5, 5.41) is 20.8. The SMILES string of the molecule is CC(=O)CC[C@H](CC(=O)COCC(=O)CCCOCCOCCNC(=O)CCCCCCCCCCCCCCCCCCC(=O)CO)C(=O)O. The van der Waals surface area contributed by atoms with Crippen LogP contribution in [0.5, 0.6) is 0 Å². The average molecular weight is 728 g/mol. The molecule has 0 rings (SSSR count). The lowest BCUT2D eigenvalue weighted by molar-refractivity contribution is -0.145. The number of hydrogen-bond acceptors (Lipinski definition) is 10. The van der Waals surface area contributed by atoms with Crippen LogP contribution in [0.1, 0.15) is 155 Å². The van der Waals surface area contributed by atoms with Crippen LogP contribution in [0.15, 0.2) is 0 Å². The first-order valence-electron chi connectivity index (χ1n) is 19.5. The largest absolute Gasteiger partial charge is 0.481 e. The Morgan fingerprint density at radius 1 is 0.529 bits per heavy atom. The highest BCUT2D eigenvalue weighted by molar-refractivity contribution is 5.86. The Bertz CT molecular complexity index is 940. The van der Waals surface area contributed by atoms with Crippen molar-refractivity contribution in [3.05, 3.63) is 0 Å². The zero-order valence-corrected chi connectivity index (χ0v) is 31.6. The van der Waals surface area contributed by atoms with Gasteiger partial charge in [-0.15, -0.1) is 0 Å². The topological polar surface area (TPSA) is 183 Å². The molecule has 0 aliphatic rings. The van der Waals surface area contributed by atoms with Gasteiger partial charge in [-0.05, 0) is 32.6 Å². The molecule has 0 heterocycles. The predicted octanol–water partition coefficient (Wildman–Crippen LogP) is 6.11. The summed E-state index contributed by atoms with van der Waals surface area (Å²) >= 11 is 0. The third-order valence-electron chi connectivity index (χ3n) is 8.66. The highest BCUT2D eigenvalue weighted by Gasteiger charge is 2.21. The molecule has 12 nitrogen and oxygen atoms in total. The molecule has 0 saturated carbocycles. The third-order valence-corrected chi connectivity index (χ3v) is 8.66. The van der Waals surface area contributed by atoms with Gasteiger partial charge in [0.25, 0.3) is 0 Å². The minimum absolute atomic E-state index is 0.0453. The van der Waals surface area contributed by atoms with E-state index in [-0.39, 0.29) is 68.8 Å². The number of carboxylic acids is 1. The Morgan fingerprint density at radius 2 is 1.00 bits per heavy atom. The van der Waals surface area contributed by atoms with E-state index in [0.717, 1.165) is 25.7 Å². The second kappa shape index (κ2) is 35.8. The number of carboxylic acid groups (broad SMARTS) is 1. The van der Waals surface area contributed by atoms with E-state index in [1.54, 1.807) is 0 Å². The number of ketones is 4. The number of ether oxygens (including phenoxy) is 3. The van der Waals surface area contributed by atoms with Gasteiger partial charge in [-0.1, -0.05) is 89.9 Å². The van der Waals surface area contributed by atoms with Crippen molar-refractivity contribution in [2.24, 2.45) is 5.92 Å². The molecule has 0 aromatic heterocycles. The summed E-state index contributed by atoms with van der Waals surface area (Å²) in [6.07, 6.45) is 21.0. The number of aliphatic hydroxyl groups is 1. The summed E-state index contributed by atoms with van der Waals surface area (Å²) in [4.78, 5) is 69.2. The first-order chi connectivity index (χ1) is 24.6. The molecule has 0 aromatic rings. The van der Waals surface area contributed by atoms with Gasteiger partial charge in [0.05, 0.1) is 25.7 Å². The van der Waals surface area contributed by atoms with Crippen LogP contribution in [0.25, 0.3) is 0 Å². The Morgan fingerprint density at radius 3 is 1.51 bits per heavy atom. The molecule has 1 atom stereocenters. The van der Waals surface area contributed by atoms with Crippen LogP contribution in [0.3, 0.4) is 0 Å². The first-order valence-corrected chi connectivity index (χ1v) is 19.5. The van der Waals surface area contributed by atoms with E-state index in [0.29, 0.717) is 52.2 Å². The van der Waals surface area contributed by atoms with Gasteiger partial charge in [0.2, 0.25) is 5.91 Å². The predicted molar refractivity (Wildman–Crippen MR) is 196 cm³/mol. The number of amides is 1. The van der Waals surface area contributed by atoms with Gasteiger partial charge in [0.1, 0.15) is 25.6 Å². The highest BCUT2D eigenvalue weighted by Crippen LogP contribution is 2.15. The number of aliphatic hydroxyl groups excluding tert-OH is 1. The standard InChI is InChI=1S/C39H69NO11/c1-33(42)22-23-34(39(47)48)29-37(45)32-51-31-36(44)20-18-25-49-27-28-50-26-24-40-38(46)21-17-15-13-11-9-7-5-3-2-4-6-8-10-12-14-16-19-35(43)30-41/h34,41H,2-32H2,1H3,(H,40,46)(H,47,48)/t34-/m1/s1. The minimum atomic E-state index is -1.13. The van der Waals surface area contributed by atoms with Crippen LogP contribution in [-0.4, -0.2) is 98.0 Å². The molecular formula is C39H69NO11. The van der Waals surface area contributed by atoms with E-state index in [1.165, 1.54) is 84.0 Å². The summed E-state index contributed by atoms with van der Waals surface area (Å²) < 4.78 is 16.1. The fourth-order valence-electron chi connectivity index (χ4n) is 5.58. The minimum Gasteiger partial charge on any atom is -0.481 e. The summed E-state index contributed by atoms with van der Waals surface area (Å²) in [5.41, 5.74) is 0. The Kier molecular flexibility index (Phi) is 34.1. The van der Waals surface area contributed by atoms with E-state index in [4.69, 9.17) is 19.3 Å². The number of carbonyl (C=O) groups excluding carboxylic acids is 5. The van der Waals surface area contributed by atoms with E-state index in [9.17, 15) is 33.9 Å². The molecule has 0 aliphatic carbocycles. The number of rotatable bonds is 40. The monoisotopic (exact) mass is 727 g/mol. The Balaban J connectivity index is 3.41. The summed E-state index contributed by atoms with van der Waals surface area (Å²) in [6.45, 7) is 2.50. The van der Waals surface area contributed by atoms with Crippen molar-refractivity contribution in [2.45, 2.75) is 155 Å². The van der Waals surface area contributed by atoms with Gasteiger partial charge >= 0.3 is 5.97 Å². The summed E-state index contributed by atoms with van der Waals surface area (Å²) in [7, 11) is 0. The molecule has 0 unspecified atom stereocenters. The lowest BCUT2D eigenvalue weighted by atomic mass is 9.96. The van der Waals surface area contributed by atoms with Crippen molar-refractivity contribution in [1.29, 1.82) is 0 Å². The van der Waals surface area contributed by atoms with Crippen LogP contribution in [0, 0.1) is 5.92 Å². The third kappa shape index (κ3) is 35.6. The molecule has 51 heavy (non-hydrogen) atoms. The average Bonchev–Trinajstić information content (AvgIpc) is 3.09. The van der Waals surface area contributed by atoms with Gasteiger partial charge in [-0.25, -0.2) is 0 Å². The smallest absolute Gasteiger partial charge is 0.306 e. The fourth-order valence-corrected chi connectivity index (χ4v) is 5.58. The lowest BCUT2D eigenvalue weighted by Crippen LogP contribution is -2.27. The van der Waals surface area contributed by atoms with Crippen molar-refractivity contribution in [1.82, 2.24) is 5.32 Å². The maximum atomic E-state index is 12.0. The van der Waals surface area contributed by atoms with Gasteiger partial charge in [0.15, 0.2) is 17.3 Å². The molecule has 0 radical (unpaired) electrons. The molecule has 12 heteroatoms. The maximum absolute atomic E-state index is 12.0. The second-order valence-corrected chi connectivity index (χ2v) is 13.6. The van der Waals surface area contributed by atoms with Gasteiger partial charge in [0, 0.05) is 45.3 Å². The summed E-state index contributed by atoms with van der Waals surface area (Å²) in [5.74, 6) is -2.78. The molecular weight excluding hydrogens is 658 g/mol. The number of carbonyl (C=O) groups is 6. The van der Waals surface area contributed by atoms with Crippen LogP contribution >= 0.6 is 0 Å². The molecule has 0 bridgehead atoms. The summed E-state index contributed by atoms with van der Waals surface area (Å²) in [6, 6.07) is 0. The van der Waals surface area contributed by atoms with Crippen molar-refractivity contribution < 1.29 is 53.2 Å². The van der Waals surface area contributed by atoms with Crippen molar-refractivity contribution in [3.8, 4) is 0 Å². The Hall–Kier alpha value is -2.54. The first kappa shape index (κ1) is 48.5. The Labute approximate surface area is 306 Å². The molecule has 0 saturated heterocycles. The van der Waals surface area contributed by atoms with Crippen molar-refractivity contribution in [2.75, 3.05) is 52.8 Å². The van der Waals surface area contributed by atoms with E-state index in [1.807, 2.05) is 0 Å². The van der Waals surface area contributed by atoms with E-state index >= 15 is 0 Å². The number of nitrogens with one attached hydrogen (secondary N) is 1. The molecule has 296 valence electrons. The van der Waals surface area contributed by atoms with Crippen LogP contribution < -0.4 is 5.32 Å². The molecule has 0 aliphatic heterocycles. The van der Waals surface area contributed by atoms with Gasteiger partial charge in [-0.3, -0.25) is 24.0 Å². The van der Waals surface area contributed by atoms with Gasteiger partial charge < -0.3 is 34.5 Å². The van der Waals surface area contributed by atoms with Gasteiger partial charge in [-0.2, -0.15) is 0 Å². The molecule has 1 amide bonds. The van der Waals surface area contributed by atoms with Crippen LogP contribution in [0.4, 0.5) is 0 Å². The lowest BCUT2D eigenvalue weighted by Gasteiger charge is -2.10. The number of hydrogen-bond donors (Lipinski definition) is 3. The number of unbranched alkanes of at least 4 members (excludes halogenated alkanes) is 15. The molecule has 0 aromatic carbocycles. The van der Waals surface area contributed by atoms with Crippen LogP contribution in [-0.2, 0) is 43.0 Å². The maximum Gasteiger partial charge on any atom is 0.306 e. The molecule has 0 fully saturated rings. The van der Waals surface area contributed by atoms with E-state index < -0.39 is 17.7 Å². The second-order valence-electron chi connectivity index (χ2n) is 13.6.